The van der Waals surface area contributed by atoms with Crippen molar-refractivity contribution in [3.05, 3.63) is 39.4 Å². The molecule has 4 rings (SSSR count). The number of aromatic carboxylic acids is 1. The number of pyridine rings is 1. The molecule has 1 aromatic carbocycles. The highest BCUT2D eigenvalue weighted by atomic mass is 19.1. The van der Waals surface area contributed by atoms with Gasteiger partial charge in [0, 0.05) is 55.4 Å². The summed E-state index contributed by atoms with van der Waals surface area (Å²) in [5.41, 5.74) is 0.298. The zero-order valence-electron chi connectivity index (χ0n) is 20.7. The summed E-state index contributed by atoms with van der Waals surface area (Å²) in [6.07, 6.45) is 3.54. The van der Waals surface area contributed by atoms with Crippen LogP contribution in [0.1, 0.15) is 61.5 Å². The number of carboxylic acid groups (broad SMARTS) is 1. The summed E-state index contributed by atoms with van der Waals surface area (Å²) < 4.78 is 28.1. The second-order valence-corrected chi connectivity index (χ2v) is 9.54. The Kier molecular flexibility index (Phi) is 7.33. The van der Waals surface area contributed by atoms with Crippen molar-refractivity contribution in [3.63, 3.8) is 0 Å². The number of halogens is 1. The van der Waals surface area contributed by atoms with E-state index in [0.29, 0.717) is 29.9 Å². The van der Waals surface area contributed by atoms with Crippen molar-refractivity contribution in [1.29, 1.82) is 0 Å². The molecular formula is C26H31FN2O7. The number of benzene rings is 1. The van der Waals surface area contributed by atoms with Crippen molar-refractivity contribution in [2.45, 2.75) is 52.5 Å². The number of carbonyl (C=O) groups is 3. The van der Waals surface area contributed by atoms with Crippen LogP contribution in [0.3, 0.4) is 0 Å². The molecule has 2 fully saturated rings. The molecule has 2 heterocycles. The SMILES string of the molecule is CCC(=O)OC[C@@H]1CN(c2c(F)cc3c(=O)c(C(=O)O)cn(C4CC4)c3c2C)C[C@@H]1COC(=O)CC. The smallest absolute Gasteiger partial charge is 0.341 e. The fourth-order valence-electron chi connectivity index (χ4n) is 4.95. The molecule has 194 valence electrons. The van der Waals surface area contributed by atoms with Crippen molar-refractivity contribution in [1.82, 2.24) is 4.57 Å². The second-order valence-electron chi connectivity index (χ2n) is 9.54. The van der Waals surface area contributed by atoms with E-state index in [4.69, 9.17) is 9.47 Å². The summed E-state index contributed by atoms with van der Waals surface area (Å²) in [5, 5.41) is 9.55. The Morgan fingerprint density at radius 3 is 2.08 bits per heavy atom. The van der Waals surface area contributed by atoms with Crippen molar-refractivity contribution in [2.75, 3.05) is 31.2 Å². The number of aryl methyl sites for hydroxylation is 1. The number of anilines is 1. The average molecular weight is 503 g/mol. The molecule has 0 radical (unpaired) electrons. The number of nitrogens with zero attached hydrogens (tertiary/aromatic N) is 2. The Morgan fingerprint density at radius 2 is 1.61 bits per heavy atom. The predicted octanol–water partition coefficient (Wildman–Crippen LogP) is 3.44. The molecule has 9 nitrogen and oxygen atoms in total. The summed E-state index contributed by atoms with van der Waals surface area (Å²) in [6, 6.07) is 1.19. The zero-order valence-corrected chi connectivity index (χ0v) is 20.7. The summed E-state index contributed by atoms with van der Waals surface area (Å²) in [4.78, 5) is 49.9. The molecule has 0 bridgehead atoms. The van der Waals surface area contributed by atoms with Crippen LogP contribution in [-0.4, -0.2) is 53.9 Å². The van der Waals surface area contributed by atoms with E-state index in [1.807, 2.05) is 4.90 Å². The first-order valence-corrected chi connectivity index (χ1v) is 12.3. The van der Waals surface area contributed by atoms with Crippen LogP contribution in [0.5, 0.6) is 0 Å². The first-order valence-electron chi connectivity index (χ1n) is 12.3. The fourth-order valence-corrected chi connectivity index (χ4v) is 4.95. The molecule has 1 saturated heterocycles. The van der Waals surface area contributed by atoms with Gasteiger partial charge in [0.25, 0.3) is 0 Å². The van der Waals surface area contributed by atoms with Gasteiger partial charge in [0.1, 0.15) is 11.4 Å². The van der Waals surface area contributed by atoms with Gasteiger partial charge in [-0.25, -0.2) is 9.18 Å². The maximum atomic E-state index is 15.6. The third kappa shape index (κ3) is 4.94. The third-order valence-electron chi connectivity index (χ3n) is 7.04. The molecule has 0 spiro atoms. The number of carbonyl (C=O) groups excluding carboxylic acids is 2. The van der Waals surface area contributed by atoms with Gasteiger partial charge in [-0.05, 0) is 31.4 Å². The van der Waals surface area contributed by atoms with Crippen LogP contribution in [-0.2, 0) is 19.1 Å². The normalized spacial score (nSPS) is 19.5. The maximum Gasteiger partial charge on any atom is 0.341 e. The molecule has 2 aromatic rings. The quantitative estimate of drug-likeness (QED) is 0.519. The Labute approximate surface area is 207 Å². The molecule has 2 atom stereocenters. The monoisotopic (exact) mass is 502 g/mol. The van der Waals surface area contributed by atoms with Gasteiger partial charge in [-0.1, -0.05) is 13.8 Å². The van der Waals surface area contributed by atoms with Crippen LogP contribution >= 0.6 is 0 Å². The third-order valence-corrected chi connectivity index (χ3v) is 7.04. The lowest BCUT2D eigenvalue weighted by atomic mass is 9.98. The van der Waals surface area contributed by atoms with Crippen LogP contribution < -0.4 is 10.3 Å². The summed E-state index contributed by atoms with van der Waals surface area (Å²) >= 11 is 0. The van der Waals surface area contributed by atoms with E-state index >= 15 is 4.39 Å². The van der Waals surface area contributed by atoms with Crippen LogP contribution in [0.2, 0.25) is 0 Å². The minimum atomic E-state index is -1.34. The van der Waals surface area contributed by atoms with Gasteiger partial charge in [0.2, 0.25) is 5.43 Å². The van der Waals surface area contributed by atoms with Crippen molar-refractivity contribution < 1.29 is 33.4 Å². The second kappa shape index (κ2) is 10.3. The van der Waals surface area contributed by atoms with E-state index in [1.54, 1.807) is 25.3 Å². The van der Waals surface area contributed by atoms with E-state index in [1.165, 1.54) is 6.20 Å². The van der Waals surface area contributed by atoms with Crippen LogP contribution in [0.25, 0.3) is 10.9 Å². The number of hydrogen-bond acceptors (Lipinski definition) is 7. The average Bonchev–Trinajstić information content (AvgIpc) is 3.62. The summed E-state index contributed by atoms with van der Waals surface area (Å²) in [7, 11) is 0. The van der Waals surface area contributed by atoms with Gasteiger partial charge >= 0.3 is 17.9 Å². The Balaban J connectivity index is 1.74. The highest BCUT2D eigenvalue weighted by Gasteiger charge is 2.37. The Morgan fingerprint density at radius 1 is 1.06 bits per heavy atom. The van der Waals surface area contributed by atoms with Crippen molar-refractivity contribution in [2.24, 2.45) is 11.8 Å². The molecule has 1 N–H and O–H groups in total. The molecule has 1 aliphatic carbocycles. The molecule has 10 heteroatoms. The number of ether oxygens (including phenoxy) is 2. The molecule has 1 aromatic heterocycles. The molecule has 1 saturated carbocycles. The van der Waals surface area contributed by atoms with Crippen LogP contribution in [0.4, 0.5) is 10.1 Å². The molecular weight excluding hydrogens is 471 g/mol. The number of esters is 2. The number of aromatic nitrogens is 1. The first kappa shape index (κ1) is 25.7. The van der Waals surface area contributed by atoms with Gasteiger partial charge in [-0.2, -0.15) is 0 Å². The molecule has 0 amide bonds. The van der Waals surface area contributed by atoms with Crippen molar-refractivity contribution >= 4 is 34.5 Å². The summed E-state index contributed by atoms with van der Waals surface area (Å²) in [6.45, 7) is 6.13. The largest absolute Gasteiger partial charge is 0.477 e. The number of fused-ring (bicyclic) bond motifs is 1. The van der Waals surface area contributed by atoms with E-state index in [2.05, 4.69) is 0 Å². The van der Waals surface area contributed by atoms with E-state index < -0.39 is 17.2 Å². The molecule has 1 aliphatic heterocycles. The number of hydrogen-bond donors (Lipinski definition) is 1. The van der Waals surface area contributed by atoms with Gasteiger partial charge in [-0.15, -0.1) is 0 Å². The van der Waals surface area contributed by atoms with Gasteiger partial charge < -0.3 is 24.0 Å². The van der Waals surface area contributed by atoms with Gasteiger partial charge in [0.05, 0.1) is 24.4 Å². The van der Waals surface area contributed by atoms with E-state index in [0.717, 1.165) is 18.9 Å². The highest BCUT2D eigenvalue weighted by molar-refractivity contribution is 5.95. The van der Waals surface area contributed by atoms with Gasteiger partial charge in [-0.3, -0.25) is 14.4 Å². The molecule has 2 aliphatic rings. The zero-order chi connectivity index (χ0) is 26.1. The Hall–Kier alpha value is -3.43. The predicted molar refractivity (Wildman–Crippen MR) is 130 cm³/mol. The summed E-state index contributed by atoms with van der Waals surface area (Å²) in [5.74, 6) is -3.01. The van der Waals surface area contributed by atoms with Crippen LogP contribution in [0.15, 0.2) is 17.1 Å². The fraction of sp³-hybridized carbons (Fsp3) is 0.538. The topological polar surface area (TPSA) is 115 Å². The highest BCUT2D eigenvalue weighted by Crippen LogP contribution is 2.41. The van der Waals surface area contributed by atoms with E-state index in [-0.39, 0.29) is 66.8 Å². The lowest BCUT2D eigenvalue weighted by Crippen LogP contribution is -2.25. The lowest BCUT2D eigenvalue weighted by molar-refractivity contribution is -0.148. The molecule has 36 heavy (non-hydrogen) atoms. The number of rotatable bonds is 9. The standard InChI is InChI=1S/C26H31FN2O7/c1-4-21(30)35-12-15-9-28(10-16(15)13-36-22(31)5-2)24-14(3)23-18(8-20(24)27)25(32)19(26(33)34)11-29(23)17-6-7-17/h8,11,15-17H,4-7,9-10,12-13H2,1-3H3,(H,33,34)/t15-,16+. The minimum Gasteiger partial charge on any atom is -0.477 e. The number of carboxylic acids is 1. The van der Waals surface area contributed by atoms with Gasteiger partial charge in [0.15, 0.2) is 0 Å². The molecule has 0 unspecified atom stereocenters. The lowest BCUT2D eigenvalue weighted by Gasteiger charge is -2.24. The van der Waals surface area contributed by atoms with Crippen molar-refractivity contribution in [3.8, 4) is 0 Å². The first-order chi connectivity index (χ1) is 17.2. The minimum absolute atomic E-state index is 0.0431. The van der Waals surface area contributed by atoms with Crippen LogP contribution in [0, 0.1) is 24.6 Å². The maximum absolute atomic E-state index is 15.6. The van der Waals surface area contributed by atoms with E-state index in [9.17, 15) is 24.3 Å². The Bertz CT molecular complexity index is 1240.